The number of carbonyl (C=O) groups is 1. The van der Waals surface area contributed by atoms with Crippen LogP contribution in [0.1, 0.15) is 18.4 Å². The first-order chi connectivity index (χ1) is 18.1. The lowest BCUT2D eigenvalue weighted by Crippen LogP contribution is -2.47. The van der Waals surface area contributed by atoms with Gasteiger partial charge in [-0.1, -0.05) is 0 Å². The van der Waals surface area contributed by atoms with E-state index < -0.39 is 29.3 Å². The van der Waals surface area contributed by atoms with Gasteiger partial charge in [0.1, 0.15) is 22.5 Å². The van der Waals surface area contributed by atoms with Crippen LogP contribution >= 0.6 is 0 Å². The van der Waals surface area contributed by atoms with Crippen molar-refractivity contribution in [3.63, 3.8) is 0 Å². The van der Waals surface area contributed by atoms with Crippen molar-refractivity contribution in [2.24, 2.45) is 7.05 Å². The van der Waals surface area contributed by atoms with Crippen LogP contribution in [0, 0.1) is 5.82 Å². The van der Waals surface area contributed by atoms with Crippen LogP contribution in [0.2, 0.25) is 0 Å². The standard InChI is InChI=1S/C24H23F4N9O/c1-35(23(38)32-17-4-3-14(25)13-16(17)24(26,27)28)15-6-11-37(12-7-15)22-21-20(29-9-10-30-21)19(33-34-22)18-5-8-31-36(18)2/h3-5,8-10,13,15H,6-7,11-12H2,1-2H3,(H,32,38). The Bertz CT molecular complexity index is 1480. The van der Waals surface area contributed by atoms with E-state index in [1.165, 1.54) is 11.9 Å². The van der Waals surface area contributed by atoms with Crippen molar-refractivity contribution in [1.82, 2.24) is 34.8 Å². The smallest absolute Gasteiger partial charge is 0.353 e. The fraction of sp³-hybridized carbons (Fsp3) is 0.333. The topological polar surface area (TPSA) is 105 Å². The Balaban J connectivity index is 1.30. The number of nitrogens with one attached hydrogen (secondary N) is 1. The number of hydrogen-bond acceptors (Lipinski definition) is 7. The first-order valence-corrected chi connectivity index (χ1v) is 11.7. The summed E-state index contributed by atoms with van der Waals surface area (Å²) in [5.41, 5.74) is 0.730. The molecule has 198 valence electrons. The number of anilines is 2. The average Bonchev–Trinajstić information content (AvgIpc) is 3.33. The van der Waals surface area contributed by atoms with Gasteiger partial charge in [0.05, 0.1) is 16.9 Å². The lowest BCUT2D eigenvalue weighted by atomic mass is 10.0. The van der Waals surface area contributed by atoms with Crippen LogP contribution in [0.4, 0.5) is 33.9 Å². The van der Waals surface area contributed by atoms with Crippen molar-refractivity contribution in [3.8, 4) is 11.4 Å². The lowest BCUT2D eigenvalue weighted by Gasteiger charge is -2.37. The minimum Gasteiger partial charge on any atom is -0.353 e. The summed E-state index contributed by atoms with van der Waals surface area (Å²) in [5.74, 6) is -0.476. The number of amides is 2. The van der Waals surface area contributed by atoms with Crippen LogP contribution in [-0.2, 0) is 13.2 Å². The first-order valence-electron chi connectivity index (χ1n) is 11.7. The molecule has 0 unspecified atom stereocenters. The van der Waals surface area contributed by atoms with Gasteiger partial charge in [-0.25, -0.2) is 14.2 Å². The molecular weight excluding hydrogens is 506 g/mol. The fourth-order valence-electron chi connectivity index (χ4n) is 4.55. The monoisotopic (exact) mass is 529 g/mol. The summed E-state index contributed by atoms with van der Waals surface area (Å²) in [6.45, 7) is 1.02. The number of benzene rings is 1. The second kappa shape index (κ2) is 9.84. The quantitative estimate of drug-likeness (QED) is 0.397. The number of carbonyl (C=O) groups excluding carboxylic acids is 1. The molecule has 0 spiro atoms. The number of fused-ring (bicyclic) bond motifs is 1. The maximum atomic E-state index is 13.4. The SMILES string of the molecule is CN(C(=O)Nc1ccc(F)cc1C(F)(F)F)C1CCN(c2nnc(-c3ccnn3C)c3nccnc23)CC1. The fourth-order valence-corrected chi connectivity index (χ4v) is 4.55. The Morgan fingerprint density at radius 3 is 2.42 bits per heavy atom. The maximum absolute atomic E-state index is 13.4. The molecule has 1 aliphatic rings. The highest BCUT2D eigenvalue weighted by Gasteiger charge is 2.35. The minimum absolute atomic E-state index is 0.236. The number of aromatic nitrogens is 6. The molecule has 0 bridgehead atoms. The summed E-state index contributed by atoms with van der Waals surface area (Å²) in [6.07, 6.45) is 1.08. The first kappa shape index (κ1) is 25.3. The third kappa shape index (κ3) is 4.80. The van der Waals surface area contributed by atoms with Crippen molar-refractivity contribution >= 4 is 28.6 Å². The van der Waals surface area contributed by atoms with E-state index in [0.29, 0.717) is 54.5 Å². The Morgan fingerprint density at radius 1 is 1.05 bits per heavy atom. The largest absolute Gasteiger partial charge is 0.418 e. The van der Waals surface area contributed by atoms with Crippen LogP contribution in [-0.4, -0.2) is 67.1 Å². The highest BCUT2D eigenvalue weighted by atomic mass is 19.4. The van der Waals surface area contributed by atoms with E-state index in [-0.39, 0.29) is 6.04 Å². The molecule has 0 atom stereocenters. The molecule has 5 rings (SSSR count). The van der Waals surface area contributed by atoms with Crippen LogP contribution in [0.5, 0.6) is 0 Å². The zero-order valence-electron chi connectivity index (χ0n) is 20.4. The zero-order chi connectivity index (χ0) is 27.0. The van der Waals surface area contributed by atoms with E-state index >= 15 is 0 Å². The Hall–Kier alpha value is -4.36. The molecule has 4 heterocycles. The van der Waals surface area contributed by atoms with Gasteiger partial charge in [-0.15, -0.1) is 10.2 Å². The number of halogens is 4. The van der Waals surface area contributed by atoms with Crippen LogP contribution in [0.25, 0.3) is 22.4 Å². The highest BCUT2D eigenvalue weighted by Crippen LogP contribution is 2.36. The molecular formula is C24H23F4N9O. The van der Waals surface area contributed by atoms with Gasteiger partial charge in [0.25, 0.3) is 0 Å². The van der Waals surface area contributed by atoms with Gasteiger partial charge in [-0.3, -0.25) is 9.67 Å². The molecule has 1 N–H and O–H groups in total. The maximum Gasteiger partial charge on any atom is 0.418 e. The van der Waals surface area contributed by atoms with Crippen molar-refractivity contribution in [2.75, 3.05) is 30.4 Å². The lowest BCUT2D eigenvalue weighted by molar-refractivity contribution is -0.137. The summed E-state index contributed by atoms with van der Waals surface area (Å²) in [4.78, 5) is 25.1. The van der Waals surface area contributed by atoms with Crippen molar-refractivity contribution in [1.29, 1.82) is 0 Å². The highest BCUT2D eigenvalue weighted by molar-refractivity contribution is 5.94. The second-order valence-corrected chi connectivity index (χ2v) is 8.91. The number of piperidine rings is 1. The predicted octanol–water partition coefficient (Wildman–Crippen LogP) is 4.11. The van der Waals surface area contributed by atoms with Crippen molar-refractivity contribution in [2.45, 2.75) is 25.1 Å². The van der Waals surface area contributed by atoms with Gasteiger partial charge < -0.3 is 15.1 Å². The van der Waals surface area contributed by atoms with Gasteiger partial charge in [-0.2, -0.15) is 18.3 Å². The van der Waals surface area contributed by atoms with E-state index in [1.54, 1.807) is 30.3 Å². The summed E-state index contributed by atoms with van der Waals surface area (Å²) < 4.78 is 55.0. The molecule has 1 saturated heterocycles. The van der Waals surface area contributed by atoms with E-state index in [0.717, 1.165) is 17.8 Å². The molecule has 1 aromatic carbocycles. The summed E-state index contributed by atoms with van der Waals surface area (Å²) >= 11 is 0. The number of nitrogens with zero attached hydrogens (tertiary/aromatic N) is 8. The van der Waals surface area contributed by atoms with Crippen LogP contribution in [0.3, 0.4) is 0 Å². The Kier molecular flexibility index (Phi) is 6.55. The molecule has 1 aliphatic heterocycles. The summed E-state index contributed by atoms with van der Waals surface area (Å²) in [5, 5.41) is 15.3. The summed E-state index contributed by atoms with van der Waals surface area (Å²) in [7, 11) is 3.32. The average molecular weight is 530 g/mol. The molecule has 10 nitrogen and oxygen atoms in total. The molecule has 4 aromatic rings. The molecule has 0 saturated carbocycles. The van der Waals surface area contributed by atoms with Crippen molar-refractivity contribution in [3.05, 3.63) is 54.2 Å². The zero-order valence-corrected chi connectivity index (χ0v) is 20.4. The van der Waals surface area contributed by atoms with Gasteiger partial charge in [-0.05, 0) is 37.1 Å². The molecule has 14 heteroatoms. The third-order valence-corrected chi connectivity index (χ3v) is 6.60. The van der Waals surface area contributed by atoms with Gasteiger partial charge >= 0.3 is 12.2 Å². The van der Waals surface area contributed by atoms with Crippen LogP contribution in [0.15, 0.2) is 42.9 Å². The van der Waals surface area contributed by atoms with E-state index in [4.69, 9.17) is 0 Å². The van der Waals surface area contributed by atoms with Gasteiger partial charge in [0, 0.05) is 51.8 Å². The normalized spacial score (nSPS) is 14.6. The molecule has 0 radical (unpaired) electrons. The molecule has 38 heavy (non-hydrogen) atoms. The molecule has 3 aromatic heterocycles. The number of alkyl halides is 3. The number of hydrogen-bond donors (Lipinski definition) is 1. The number of aryl methyl sites for hydroxylation is 1. The van der Waals surface area contributed by atoms with Crippen molar-refractivity contribution < 1.29 is 22.4 Å². The summed E-state index contributed by atoms with van der Waals surface area (Å²) in [6, 6.07) is 3.01. The number of urea groups is 1. The van der Waals surface area contributed by atoms with Gasteiger partial charge in [0.2, 0.25) is 0 Å². The molecule has 1 fully saturated rings. The predicted molar refractivity (Wildman–Crippen MR) is 131 cm³/mol. The Labute approximate surface area is 214 Å². The molecule has 0 aliphatic carbocycles. The second-order valence-electron chi connectivity index (χ2n) is 8.91. The van der Waals surface area contributed by atoms with E-state index in [1.807, 2.05) is 11.0 Å². The van der Waals surface area contributed by atoms with Crippen LogP contribution < -0.4 is 10.2 Å². The van der Waals surface area contributed by atoms with E-state index in [9.17, 15) is 22.4 Å². The Morgan fingerprint density at radius 2 is 1.76 bits per heavy atom. The minimum atomic E-state index is -4.81. The van der Waals surface area contributed by atoms with Gasteiger partial charge in [0.15, 0.2) is 5.82 Å². The number of rotatable bonds is 4. The third-order valence-electron chi connectivity index (χ3n) is 6.60. The molecule has 2 amide bonds. The van der Waals surface area contributed by atoms with E-state index in [2.05, 4.69) is 30.6 Å².